The lowest BCUT2D eigenvalue weighted by Crippen LogP contribution is -2.38. The van der Waals surface area contributed by atoms with Crippen LogP contribution < -0.4 is 20.1 Å². The summed E-state index contributed by atoms with van der Waals surface area (Å²) in [5.41, 5.74) is 2.44. The number of nitrogens with one attached hydrogen (secondary N) is 2. The second-order valence-electron chi connectivity index (χ2n) is 6.17. The minimum absolute atomic E-state index is 0.107. The summed E-state index contributed by atoms with van der Waals surface area (Å²) in [5, 5.41) is 5.50. The first-order chi connectivity index (χ1) is 12.9. The van der Waals surface area contributed by atoms with Crippen LogP contribution in [-0.4, -0.2) is 32.1 Å². The van der Waals surface area contributed by atoms with Crippen molar-refractivity contribution < 1.29 is 19.1 Å². The zero-order chi connectivity index (χ0) is 19.8. The molecule has 0 saturated heterocycles. The predicted octanol–water partition coefficient (Wildman–Crippen LogP) is 3.01. The Morgan fingerprint density at radius 2 is 1.81 bits per heavy atom. The highest BCUT2D eigenvalue weighted by molar-refractivity contribution is 5.96. The van der Waals surface area contributed by atoms with Gasteiger partial charge in [-0.25, -0.2) is 0 Å². The van der Waals surface area contributed by atoms with E-state index >= 15 is 0 Å². The lowest BCUT2D eigenvalue weighted by Gasteiger charge is -2.18. The van der Waals surface area contributed by atoms with Crippen molar-refractivity contribution in [3.05, 3.63) is 59.2 Å². The van der Waals surface area contributed by atoms with Crippen LogP contribution in [0.3, 0.4) is 0 Å². The second kappa shape index (κ2) is 9.62. The maximum atomic E-state index is 12.2. The molecule has 2 N–H and O–H groups in total. The van der Waals surface area contributed by atoms with Gasteiger partial charge in [0.25, 0.3) is 5.91 Å². The third kappa shape index (κ3) is 5.74. The number of hydrogen-bond donors (Lipinski definition) is 2. The molecule has 0 spiro atoms. The number of ether oxygens (including phenoxy) is 2. The maximum absolute atomic E-state index is 12.2. The van der Waals surface area contributed by atoms with Gasteiger partial charge in [-0.05, 0) is 51.1 Å². The van der Waals surface area contributed by atoms with Crippen molar-refractivity contribution in [2.75, 3.05) is 20.3 Å². The highest BCUT2D eigenvalue weighted by Gasteiger charge is 2.15. The van der Waals surface area contributed by atoms with Gasteiger partial charge in [-0.1, -0.05) is 17.7 Å². The number of hydrogen-bond acceptors (Lipinski definition) is 4. The standard InChI is InChI=1S/C21H26N2O4/c1-5-27-17-9-7-16(8-10-17)21(25)22-13-20(24)23-15(3)18-12-14(2)6-11-19(18)26-4/h6-12,15H,5,13H2,1-4H3,(H,22,25)(H,23,24)/t15-/m1/s1. The van der Waals surface area contributed by atoms with Crippen molar-refractivity contribution in [2.45, 2.75) is 26.8 Å². The number of methoxy groups -OCH3 is 1. The number of carbonyl (C=O) groups is 2. The molecule has 1 atom stereocenters. The van der Waals surface area contributed by atoms with Crippen LogP contribution in [0.1, 0.15) is 41.4 Å². The predicted molar refractivity (Wildman–Crippen MR) is 104 cm³/mol. The van der Waals surface area contributed by atoms with Crippen LogP contribution >= 0.6 is 0 Å². The summed E-state index contributed by atoms with van der Waals surface area (Å²) >= 11 is 0. The molecule has 6 nitrogen and oxygen atoms in total. The Balaban J connectivity index is 1.90. The van der Waals surface area contributed by atoms with E-state index in [2.05, 4.69) is 10.6 Å². The van der Waals surface area contributed by atoms with Crippen LogP contribution in [0.25, 0.3) is 0 Å². The Morgan fingerprint density at radius 1 is 1.11 bits per heavy atom. The molecule has 0 aromatic heterocycles. The van der Waals surface area contributed by atoms with Crippen molar-refractivity contribution in [3.63, 3.8) is 0 Å². The largest absolute Gasteiger partial charge is 0.496 e. The fourth-order valence-corrected chi connectivity index (χ4v) is 2.69. The molecule has 0 unspecified atom stereocenters. The molecule has 6 heteroatoms. The van der Waals surface area contributed by atoms with Gasteiger partial charge >= 0.3 is 0 Å². The van der Waals surface area contributed by atoms with Crippen molar-refractivity contribution in [2.24, 2.45) is 0 Å². The summed E-state index contributed by atoms with van der Waals surface area (Å²) in [5.74, 6) is 0.832. The summed E-state index contributed by atoms with van der Waals surface area (Å²) in [6.45, 7) is 6.21. The molecule has 27 heavy (non-hydrogen) atoms. The van der Waals surface area contributed by atoms with Gasteiger partial charge in [0.15, 0.2) is 0 Å². The Morgan fingerprint density at radius 3 is 2.44 bits per heavy atom. The zero-order valence-electron chi connectivity index (χ0n) is 16.2. The minimum Gasteiger partial charge on any atom is -0.496 e. The monoisotopic (exact) mass is 370 g/mol. The molecular weight excluding hydrogens is 344 g/mol. The third-order valence-electron chi connectivity index (χ3n) is 4.07. The van der Waals surface area contributed by atoms with Gasteiger partial charge in [0.1, 0.15) is 11.5 Å². The van der Waals surface area contributed by atoms with Crippen LogP contribution in [0.15, 0.2) is 42.5 Å². The van der Waals surface area contributed by atoms with Gasteiger partial charge in [-0.3, -0.25) is 9.59 Å². The van der Waals surface area contributed by atoms with E-state index in [1.165, 1.54) is 0 Å². The Hall–Kier alpha value is -3.02. The normalized spacial score (nSPS) is 11.4. The molecule has 144 valence electrons. The molecule has 2 aromatic carbocycles. The molecule has 2 rings (SSSR count). The van der Waals surface area contributed by atoms with E-state index in [0.717, 1.165) is 11.1 Å². The van der Waals surface area contributed by atoms with Gasteiger partial charge in [-0.2, -0.15) is 0 Å². The smallest absolute Gasteiger partial charge is 0.251 e. The van der Waals surface area contributed by atoms with Crippen LogP contribution in [0.5, 0.6) is 11.5 Å². The minimum atomic E-state index is -0.311. The summed E-state index contributed by atoms with van der Waals surface area (Å²) in [6.07, 6.45) is 0. The Kier molecular flexibility index (Phi) is 7.23. The number of rotatable bonds is 8. The van der Waals surface area contributed by atoms with E-state index in [1.54, 1.807) is 31.4 Å². The van der Waals surface area contributed by atoms with Crippen LogP contribution in [-0.2, 0) is 4.79 Å². The van der Waals surface area contributed by atoms with Crippen LogP contribution in [0.4, 0.5) is 0 Å². The molecule has 0 aliphatic heterocycles. The highest BCUT2D eigenvalue weighted by atomic mass is 16.5. The van der Waals surface area contributed by atoms with Gasteiger partial charge in [0.2, 0.25) is 5.91 Å². The number of aryl methyl sites for hydroxylation is 1. The lowest BCUT2D eigenvalue weighted by molar-refractivity contribution is -0.120. The SMILES string of the molecule is CCOc1ccc(C(=O)NCC(=O)N[C@H](C)c2cc(C)ccc2OC)cc1. The summed E-state index contributed by atoms with van der Waals surface area (Å²) < 4.78 is 10.7. The molecule has 0 aliphatic rings. The van der Waals surface area contributed by atoms with E-state index in [-0.39, 0.29) is 24.4 Å². The number of benzene rings is 2. The number of amides is 2. The topological polar surface area (TPSA) is 76.7 Å². The molecule has 2 aromatic rings. The molecule has 0 heterocycles. The van der Waals surface area contributed by atoms with Crippen molar-refractivity contribution >= 4 is 11.8 Å². The first kappa shape index (κ1) is 20.3. The second-order valence-corrected chi connectivity index (χ2v) is 6.17. The molecular formula is C21H26N2O4. The average Bonchev–Trinajstić information content (AvgIpc) is 2.67. The van der Waals surface area contributed by atoms with Crippen LogP contribution in [0.2, 0.25) is 0 Å². The summed E-state index contributed by atoms with van der Waals surface area (Å²) in [4.78, 5) is 24.4. The Labute approximate surface area is 159 Å². The molecule has 0 saturated carbocycles. The first-order valence-corrected chi connectivity index (χ1v) is 8.89. The molecule has 0 bridgehead atoms. The summed E-state index contributed by atoms with van der Waals surface area (Å²) in [6, 6.07) is 12.3. The van der Waals surface area contributed by atoms with Gasteiger partial charge < -0.3 is 20.1 Å². The quantitative estimate of drug-likeness (QED) is 0.749. The van der Waals surface area contributed by atoms with Crippen LogP contribution in [0, 0.1) is 6.92 Å². The lowest BCUT2D eigenvalue weighted by atomic mass is 10.0. The van der Waals surface area contributed by atoms with Crippen molar-refractivity contribution in [3.8, 4) is 11.5 Å². The molecule has 2 amide bonds. The van der Waals surface area contributed by atoms with Gasteiger partial charge in [0, 0.05) is 11.1 Å². The third-order valence-corrected chi connectivity index (χ3v) is 4.07. The fraction of sp³-hybridized carbons (Fsp3) is 0.333. The van der Waals surface area contributed by atoms with E-state index in [1.807, 2.05) is 39.0 Å². The zero-order valence-corrected chi connectivity index (χ0v) is 16.2. The maximum Gasteiger partial charge on any atom is 0.251 e. The molecule has 0 aliphatic carbocycles. The van der Waals surface area contributed by atoms with E-state index in [4.69, 9.17) is 9.47 Å². The molecule has 0 fully saturated rings. The van der Waals surface area contributed by atoms with Gasteiger partial charge in [0.05, 0.1) is 26.3 Å². The van der Waals surface area contributed by atoms with E-state index < -0.39 is 0 Å². The highest BCUT2D eigenvalue weighted by Crippen LogP contribution is 2.25. The van der Waals surface area contributed by atoms with Gasteiger partial charge in [-0.15, -0.1) is 0 Å². The fourth-order valence-electron chi connectivity index (χ4n) is 2.69. The van der Waals surface area contributed by atoms with E-state index in [9.17, 15) is 9.59 Å². The summed E-state index contributed by atoms with van der Waals surface area (Å²) in [7, 11) is 1.60. The number of carbonyl (C=O) groups excluding carboxylic acids is 2. The average molecular weight is 370 g/mol. The first-order valence-electron chi connectivity index (χ1n) is 8.89. The van der Waals surface area contributed by atoms with E-state index in [0.29, 0.717) is 23.7 Å². The van der Waals surface area contributed by atoms with Crippen molar-refractivity contribution in [1.82, 2.24) is 10.6 Å². The molecule has 0 radical (unpaired) electrons. The van der Waals surface area contributed by atoms with Crippen molar-refractivity contribution in [1.29, 1.82) is 0 Å². The Bertz CT molecular complexity index is 787.